The first kappa shape index (κ1) is 35.7. The second-order valence-corrected chi connectivity index (χ2v) is 12.4. The standard InChI is InChI=1S/C26H34FN3O2.C12H16O3/c1-3-4-15-32-22-8-9-23(19(2)16-22)26(31)28-20-7-10-25(24(27)17-20)30-14-11-21(18-30)29-12-5-6-13-29;1-3-4-7-15-10-5-6-11(12(13)14)9(2)8-10/h7-10,16-17,21H,3-6,11-15,18H2,1-2H3,(H,28,31);5-6,8H,3-4,7H2,1-2H3,(H,13,14)/t21-;/m1./s1. The number of nitrogens with zero attached hydrogens (tertiary/aromatic N) is 2. The molecule has 0 saturated carbocycles. The molecular formula is C38H50FN3O5. The third-order valence-electron chi connectivity index (χ3n) is 8.77. The number of halogens is 1. The molecule has 254 valence electrons. The molecule has 1 atom stereocenters. The molecule has 2 heterocycles. The van der Waals surface area contributed by atoms with Crippen molar-refractivity contribution in [1.29, 1.82) is 0 Å². The summed E-state index contributed by atoms with van der Waals surface area (Å²) in [4.78, 5) is 28.2. The number of ether oxygens (including phenoxy) is 2. The number of hydrogen-bond acceptors (Lipinski definition) is 6. The Labute approximate surface area is 278 Å². The van der Waals surface area contributed by atoms with Crippen molar-refractivity contribution >= 4 is 23.3 Å². The number of aromatic carboxylic acids is 1. The number of amides is 1. The number of rotatable bonds is 13. The van der Waals surface area contributed by atoms with Gasteiger partial charge in [0.2, 0.25) is 0 Å². The number of likely N-dealkylation sites (tertiary alicyclic amines) is 1. The summed E-state index contributed by atoms with van der Waals surface area (Å²) < 4.78 is 26.1. The van der Waals surface area contributed by atoms with Gasteiger partial charge in [0.15, 0.2) is 0 Å². The lowest BCUT2D eigenvalue weighted by Gasteiger charge is -2.24. The molecule has 3 aromatic rings. The summed E-state index contributed by atoms with van der Waals surface area (Å²) >= 11 is 0. The summed E-state index contributed by atoms with van der Waals surface area (Å²) in [7, 11) is 0. The van der Waals surface area contributed by atoms with Crippen LogP contribution in [0.4, 0.5) is 15.8 Å². The van der Waals surface area contributed by atoms with E-state index in [9.17, 15) is 14.0 Å². The molecule has 2 N–H and O–H groups in total. The van der Waals surface area contributed by atoms with E-state index in [1.54, 1.807) is 43.3 Å². The van der Waals surface area contributed by atoms with E-state index in [2.05, 4.69) is 29.0 Å². The molecule has 0 bridgehead atoms. The fraction of sp³-hybridized carbons (Fsp3) is 0.474. The molecule has 5 rings (SSSR count). The first-order valence-electron chi connectivity index (χ1n) is 17.0. The summed E-state index contributed by atoms with van der Waals surface area (Å²) in [5.41, 5.74) is 3.54. The lowest BCUT2D eigenvalue weighted by atomic mass is 10.1. The van der Waals surface area contributed by atoms with E-state index in [1.165, 1.54) is 18.9 Å². The zero-order chi connectivity index (χ0) is 33.8. The van der Waals surface area contributed by atoms with Crippen LogP contribution in [0.2, 0.25) is 0 Å². The van der Waals surface area contributed by atoms with Gasteiger partial charge in [0.1, 0.15) is 17.3 Å². The molecule has 2 aliphatic rings. The van der Waals surface area contributed by atoms with Crippen LogP contribution in [-0.2, 0) is 0 Å². The number of carboxylic acid groups (broad SMARTS) is 1. The minimum atomic E-state index is -0.896. The van der Waals surface area contributed by atoms with E-state index in [1.807, 2.05) is 19.1 Å². The summed E-state index contributed by atoms with van der Waals surface area (Å²) in [6.07, 6.45) is 7.80. The largest absolute Gasteiger partial charge is 0.494 e. The smallest absolute Gasteiger partial charge is 0.335 e. The van der Waals surface area contributed by atoms with Gasteiger partial charge in [-0.1, -0.05) is 26.7 Å². The normalized spacial score (nSPS) is 16.0. The van der Waals surface area contributed by atoms with Gasteiger partial charge in [-0.15, -0.1) is 0 Å². The van der Waals surface area contributed by atoms with Gasteiger partial charge in [-0.25, -0.2) is 9.18 Å². The number of benzene rings is 3. The monoisotopic (exact) mass is 647 g/mol. The molecule has 0 radical (unpaired) electrons. The molecule has 2 saturated heterocycles. The Morgan fingerprint density at radius 3 is 1.98 bits per heavy atom. The predicted octanol–water partition coefficient (Wildman–Crippen LogP) is 8.11. The summed E-state index contributed by atoms with van der Waals surface area (Å²) in [5.74, 6) is 0.0746. The van der Waals surface area contributed by atoms with Crippen LogP contribution in [-0.4, -0.2) is 67.3 Å². The third-order valence-corrected chi connectivity index (χ3v) is 8.77. The van der Waals surface area contributed by atoms with Crippen LogP contribution in [0.1, 0.15) is 90.6 Å². The number of anilines is 2. The van der Waals surface area contributed by atoms with Crippen molar-refractivity contribution in [2.75, 3.05) is 49.6 Å². The van der Waals surface area contributed by atoms with Gasteiger partial charge in [-0.05, 0) is 125 Å². The maximum atomic E-state index is 14.9. The lowest BCUT2D eigenvalue weighted by molar-refractivity contribution is 0.0695. The Morgan fingerprint density at radius 1 is 0.851 bits per heavy atom. The maximum Gasteiger partial charge on any atom is 0.335 e. The van der Waals surface area contributed by atoms with Crippen molar-refractivity contribution in [3.63, 3.8) is 0 Å². The van der Waals surface area contributed by atoms with Crippen molar-refractivity contribution in [2.45, 2.75) is 78.7 Å². The van der Waals surface area contributed by atoms with E-state index in [4.69, 9.17) is 14.6 Å². The number of carbonyl (C=O) groups is 2. The van der Waals surface area contributed by atoms with Crippen molar-refractivity contribution < 1.29 is 28.6 Å². The number of unbranched alkanes of at least 4 members (excludes halogenated alkanes) is 2. The van der Waals surface area contributed by atoms with Crippen LogP contribution in [0.5, 0.6) is 11.5 Å². The molecule has 2 fully saturated rings. The van der Waals surface area contributed by atoms with Crippen LogP contribution < -0.4 is 19.7 Å². The quantitative estimate of drug-likeness (QED) is 0.181. The highest BCUT2D eigenvalue weighted by Gasteiger charge is 2.30. The average molecular weight is 648 g/mol. The van der Waals surface area contributed by atoms with Crippen molar-refractivity contribution in [2.24, 2.45) is 0 Å². The second kappa shape index (κ2) is 17.7. The van der Waals surface area contributed by atoms with E-state index in [-0.39, 0.29) is 11.7 Å². The van der Waals surface area contributed by atoms with E-state index in [0.29, 0.717) is 41.8 Å². The van der Waals surface area contributed by atoms with Crippen LogP contribution in [0.15, 0.2) is 54.6 Å². The minimum absolute atomic E-state index is 0.245. The zero-order valence-electron chi connectivity index (χ0n) is 28.3. The minimum Gasteiger partial charge on any atom is -0.494 e. The zero-order valence-corrected chi connectivity index (χ0v) is 28.3. The predicted molar refractivity (Wildman–Crippen MR) is 186 cm³/mol. The summed E-state index contributed by atoms with van der Waals surface area (Å²) in [6.45, 7) is 13.3. The number of nitrogens with one attached hydrogen (secondary N) is 1. The number of carboxylic acids is 1. The van der Waals surface area contributed by atoms with Gasteiger partial charge >= 0.3 is 5.97 Å². The molecule has 3 aromatic carbocycles. The Bertz CT molecular complexity index is 1490. The lowest BCUT2D eigenvalue weighted by Crippen LogP contribution is -2.35. The second-order valence-electron chi connectivity index (χ2n) is 12.4. The van der Waals surface area contributed by atoms with Crippen LogP contribution in [0.25, 0.3) is 0 Å². The molecule has 0 aliphatic carbocycles. The summed E-state index contributed by atoms with van der Waals surface area (Å²) in [6, 6.07) is 16.0. The third kappa shape index (κ3) is 10.2. The highest BCUT2D eigenvalue weighted by molar-refractivity contribution is 6.05. The molecule has 8 nitrogen and oxygen atoms in total. The van der Waals surface area contributed by atoms with Crippen molar-refractivity contribution in [3.05, 3.63) is 82.7 Å². The first-order valence-corrected chi connectivity index (χ1v) is 17.0. The van der Waals surface area contributed by atoms with Crippen molar-refractivity contribution in [3.8, 4) is 11.5 Å². The molecule has 0 spiro atoms. The van der Waals surface area contributed by atoms with Gasteiger partial charge in [0, 0.05) is 30.4 Å². The topological polar surface area (TPSA) is 91.3 Å². The van der Waals surface area contributed by atoms with Crippen molar-refractivity contribution in [1.82, 2.24) is 4.90 Å². The van der Waals surface area contributed by atoms with E-state index >= 15 is 0 Å². The maximum absolute atomic E-state index is 14.9. The molecule has 47 heavy (non-hydrogen) atoms. The first-order chi connectivity index (χ1) is 22.7. The van der Waals surface area contributed by atoms with Gasteiger partial charge in [0.25, 0.3) is 5.91 Å². The average Bonchev–Trinajstić information content (AvgIpc) is 3.75. The van der Waals surface area contributed by atoms with Gasteiger partial charge < -0.3 is 24.8 Å². The molecule has 9 heteroatoms. The molecular weight excluding hydrogens is 597 g/mol. The van der Waals surface area contributed by atoms with Crippen LogP contribution in [0, 0.1) is 19.7 Å². The Kier molecular flexibility index (Phi) is 13.5. The molecule has 2 aliphatic heterocycles. The Morgan fingerprint density at radius 2 is 1.45 bits per heavy atom. The number of aryl methyl sites for hydroxylation is 2. The molecule has 0 aromatic heterocycles. The Balaban J connectivity index is 0.000000280. The highest BCUT2D eigenvalue weighted by Crippen LogP contribution is 2.29. The fourth-order valence-corrected chi connectivity index (χ4v) is 6.02. The number of hydrogen-bond donors (Lipinski definition) is 2. The van der Waals surface area contributed by atoms with E-state index in [0.717, 1.165) is 80.9 Å². The fourth-order valence-electron chi connectivity index (χ4n) is 6.02. The van der Waals surface area contributed by atoms with Gasteiger partial charge in [-0.2, -0.15) is 0 Å². The summed E-state index contributed by atoms with van der Waals surface area (Å²) in [5, 5.41) is 11.7. The highest BCUT2D eigenvalue weighted by atomic mass is 19.1. The molecule has 0 unspecified atom stereocenters. The van der Waals surface area contributed by atoms with E-state index < -0.39 is 5.97 Å². The van der Waals surface area contributed by atoms with Gasteiger partial charge in [-0.3, -0.25) is 9.69 Å². The SMILES string of the molecule is CCCCOc1ccc(C(=O)Nc2ccc(N3CC[C@@H](N4CCCC4)C3)c(F)c2)c(C)c1.CCCCOc1ccc(C(=O)O)c(C)c1. The Hall–Kier alpha value is -4.11. The van der Waals surface area contributed by atoms with Crippen LogP contribution >= 0.6 is 0 Å². The van der Waals surface area contributed by atoms with Gasteiger partial charge in [0.05, 0.1) is 24.5 Å². The molecule has 1 amide bonds. The number of carbonyl (C=O) groups excluding carboxylic acids is 1. The van der Waals surface area contributed by atoms with Crippen LogP contribution in [0.3, 0.4) is 0 Å².